The van der Waals surface area contributed by atoms with Crippen LogP contribution in [0.1, 0.15) is 44.9 Å². The highest BCUT2D eigenvalue weighted by molar-refractivity contribution is 5.94. The van der Waals surface area contributed by atoms with Crippen molar-refractivity contribution in [3.05, 3.63) is 24.3 Å². The van der Waals surface area contributed by atoms with Crippen molar-refractivity contribution >= 4 is 24.0 Å². The number of aliphatic hydroxyl groups excluding tert-OH is 1. The number of halogens is 1. The molecular formula is C18H27ClN2O3. The molecule has 2 aliphatic rings. The summed E-state index contributed by atoms with van der Waals surface area (Å²) in [6, 6.07) is 7.32. The van der Waals surface area contributed by atoms with Gasteiger partial charge in [0.2, 0.25) is 5.91 Å². The van der Waals surface area contributed by atoms with E-state index in [0.29, 0.717) is 0 Å². The maximum absolute atomic E-state index is 12.2. The van der Waals surface area contributed by atoms with Gasteiger partial charge in [0.1, 0.15) is 11.9 Å². The molecule has 3 N–H and O–H groups in total. The molecule has 2 unspecified atom stereocenters. The maximum Gasteiger partial charge on any atom is 0.241 e. The first kappa shape index (κ1) is 19.0. The van der Waals surface area contributed by atoms with E-state index in [1.54, 1.807) is 0 Å². The zero-order chi connectivity index (χ0) is 16.1. The molecule has 1 aliphatic carbocycles. The average Bonchev–Trinajstić information content (AvgIpc) is 2.59. The number of ether oxygens (including phenoxy) is 1. The zero-order valence-corrected chi connectivity index (χ0v) is 14.7. The second-order valence-corrected chi connectivity index (χ2v) is 6.52. The molecule has 1 amide bonds. The Labute approximate surface area is 149 Å². The summed E-state index contributed by atoms with van der Waals surface area (Å²) in [5, 5.41) is 16.1. The number of hydrogen-bond acceptors (Lipinski definition) is 4. The highest BCUT2D eigenvalue weighted by Gasteiger charge is 2.24. The third-order valence-electron chi connectivity index (χ3n) is 4.70. The molecule has 134 valence electrons. The Morgan fingerprint density at radius 2 is 1.79 bits per heavy atom. The third kappa shape index (κ3) is 5.10. The van der Waals surface area contributed by atoms with Crippen LogP contribution >= 0.6 is 12.4 Å². The fourth-order valence-electron chi connectivity index (χ4n) is 3.31. The van der Waals surface area contributed by atoms with E-state index in [9.17, 15) is 9.90 Å². The van der Waals surface area contributed by atoms with Gasteiger partial charge in [0.15, 0.2) is 0 Å². The van der Waals surface area contributed by atoms with Gasteiger partial charge < -0.3 is 20.5 Å². The molecule has 1 saturated carbocycles. The Bertz CT molecular complexity index is 518. The summed E-state index contributed by atoms with van der Waals surface area (Å²) in [6.07, 6.45) is 6.53. The molecule has 0 radical (unpaired) electrons. The molecule has 1 aliphatic heterocycles. The minimum atomic E-state index is -0.375. The molecule has 0 spiro atoms. The minimum absolute atomic E-state index is 0. The molecule has 1 heterocycles. The first-order valence-electron chi connectivity index (χ1n) is 8.71. The topological polar surface area (TPSA) is 70.6 Å². The Morgan fingerprint density at radius 1 is 1.08 bits per heavy atom. The quantitative estimate of drug-likeness (QED) is 0.777. The van der Waals surface area contributed by atoms with E-state index in [1.165, 1.54) is 0 Å². The number of anilines is 1. The van der Waals surface area contributed by atoms with Gasteiger partial charge in [0.25, 0.3) is 0 Å². The SMILES string of the molecule is Cl.O=C(Nc1ccc(OC2CCCCC2O)cc1)[C@@H]1CCCCN1. The van der Waals surface area contributed by atoms with E-state index in [1.807, 2.05) is 24.3 Å². The first-order chi connectivity index (χ1) is 11.2. The summed E-state index contributed by atoms with van der Waals surface area (Å²) < 4.78 is 5.87. The van der Waals surface area contributed by atoms with Gasteiger partial charge in [-0.3, -0.25) is 4.79 Å². The summed E-state index contributed by atoms with van der Waals surface area (Å²) in [5.41, 5.74) is 0.777. The van der Waals surface area contributed by atoms with Crippen molar-refractivity contribution in [3.63, 3.8) is 0 Å². The molecule has 3 atom stereocenters. The van der Waals surface area contributed by atoms with Gasteiger partial charge in [-0.25, -0.2) is 0 Å². The van der Waals surface area contributed by atoms with Crippen molar-refractivity contribution in [2.45, 2.75) is 63.2 Å². The summed E-state index contributed by atoms with van der Waals surface area (Å²) in [7, 11) is 0. The number of nitrogens with one attached hydrogen (secondary N) is 2. The number of piperidine rings is 1. The molecule has 5 nitrogen and oxygen atoms in total. The number of benzene rings is 1. The molecule has 6 heteroatoms. The fraction of sp³-hybridized carbons (Fsp3) is 0.611. The second-order valence-electron chi connectivity index (χ2n) is 6.52. The van der Waals surface area contributed by atoms with Crippen LogP contribution in [0.3, 0.4) is 0 Å². The highest BCUT2D eigenvalue weighted by Crippen LogP contribution is 2.25. The lowest BCUT2D eigenvalue weighted by atomic mass is 9.95. The smallest absolute Gasteiger partial charge is 0.241 e. The van der Waals surface area contributed by atoms with Gasteiger partial charge in [0.05, 0.1) is 12.1 Å². The molecule has 24 heavy (non-hydrogen) atoms. The minimum Gasteiger partial charge on any atom is -0.488 e. The molecule has 1 aromatic carbocycles. The predicted octanol–water partition coefficient (Wildman–Crippen LogP) is 2.87. The number of hydrogen-bond donors (Lipinski definition) is 3. The monoisotopic (exact) mass is 354 g/mol. The van der Waals surface area contributed by atoms with E-state index in [2.05, 4.69) is 10.6 Å². The number of amides is 1. The van der Waals surface area contributed by atoms with Crippen LogP contribution in [0.4, 0.5) is 5.69 Å². The van der Waals surface area contributed by atoms with Gasteiger partial charge in [-0.2, -0.15) is 0 Å². The standard InChI is InChI=1S/C18H26N2O3.ClH/c21-16-6-1-2-7-17(16)23-14-10-8-13(9-11-14)20-18(22)15-5-3-4-12-19-15;/h8-11,15-17,19,21H,1-7,12H2,(H,20,22);1H/t15-,16?,17?;/m0./s1. The van der Waals surface area contributed by atoms with Gasteiger partial charge in [-0.1, -0.05) is 12.8 Å². The van der Waals surface area contributed by atoms with E-state index in [0.717, 1.165) is 62.9 Å². The van der Waals surface area contributed by atoms with Crippen LogP contribution < -0.4 is 15.4 Å². The highest BCUT2D eigenvalue weighted by atomic mass is 35.5. The molecule has 1 saturated heterocycles. The Kier molecular flexibility index (Phi) is 7.34. The van der Waals surface area contributed by atoms with Crippen molar-refractivity contribution < 1.29 is 14.6 Å². The fourth-order valence-corrected chi connectivity index (χ4v) is 3.31. The zero-order valence-electron chi connectivity index (χ0n) is 13.9. The summed E-state index contributed by atoms with van der Waals surface area (Å²) in [5.74, 6) is 0.769. The van der Waals surface area contributed by atoms with Crippen LogP contribution in [-0.4, -0.2) is 35.8 Å². The second kappa shape index (κ2) is 9.25. The molecule has 0 bridgehead atoms. The van der Waals surface area contributed by atoms with E-state index < -0.39 is 0 Å². The Morgan fingerprint density at radius 3 is 2.46 bits per heavy atom. The van der Waals surface area contributed by atoms with Gasteiger partial charge in [-0.05, 0) is 62.9 Å². The molecule has 2 fully saturated rings. The summed E-state index contributed by atoms with van der Waals surface area (Å²) in [6.45, 7) is 0.911. The van der Waals surface area contributed by atoms with Crippen molar-refractivity contribution in [2.24, 2.45) is 0 Å². The van der Waals surface area contributed by atoms with Gasteiger partial charge >= 0.3 is 0 Å². The van der Waals surface area contributed by atoms with Crippen LogP contribution in [0.15, 0.2) is 24.3 Å². The van der Waals surface area contributed by atoms with Crippen molar-refractivity contribution in [3.8, 4) is 5.75 Å². The van der Waals surface area contributed by atoms with E-state index in [-0.39, 0.29) is 36.6 Å². The van der Waals surface area contributed by atoms with Crippen molar-refractivity contribution in [1.82, 2.24) is 5.32 Å². The third-order valence-corrected chi connectivity index (χ3v) is 4.70. The molecule has 1 aromatic rings. The Hall–Kier alpha value is -1.30. The lowest BCUT2D eigenvalue weighted by molar-refractivity contribution is -0.118. The van der Waals surface area contributed by atoms with E-state index >= 15 is 0 Å². The van der Waals surface area contributed by atoms with Crippen molar-refractivity contribution in [2.75, 3.05) is 11.9 Å². The number of rotatable bonds is 4. The van der Waals surface area contributed by atoms with Gasteiger partial charge in [-0.15, -0.1) is 12.4 Å². The average molecular weight is 355 g/mol. The largest absolute Gasteiger partial charge is 0.488 e. The number of carbonyl (C=O) groups is 1. The number of carbonyl (C=O) groups excluding carboxylic acids is 1. The maximum atomic E-state index is 12.2. The lowest BCUT2D eigenvalue weighted by Gasteiger charge is -2.28. The molecule has 3 rings (SSSR count). The summed E-state index contributed by atoms with van der Waals surface area (Å²) in [4.78, 5) is 12.2. The Balaban J connectivity index is 0.00000208. The predicted molar refractivity (Wildman–Crippen MR) is 96.9 cm³/mol. The van der Waals surface area contributed by atoms with Crippen LogP contribution in [0.25, 0.3) is 0 Å². The van der Waals surface area contributed by atoms with E-state index in [4.69, 9.17) is 4.74 Å². The molecular weight excluding hydrogens is 328 g/mol. The van der Waals surface area contributed by atoms with Crippen molar-refractivity contribution in [1.29, 1.82) is 0 Å². The summed E-state index contributed by atoms with van der Waals surface area (Å²) >= 11 is 0. The first-order valence-corrected chi connectivity index (χ1v) is 8.71. The number of aliphatic hydroxyl groups is 1. The van der Waals surface area contributed by atoms with Crippen LogP contribution in [-0.2, 0) is 4.79 Å². The van der Waals surface area contributed by atoms with Crippen LogP contribution in [0.5, 0.6) is 5.75 Å². The van der Waals surface area contributed by atoms with Crippen LogP contribution in [0.2, 0.25) is 0 Å². The van der Waals surface area contributed by atoms with Gasteiger partial charge in [0, 0.05) is 5.69 Å². The lowest BCUT2D eigenvalue weighted by Crippen LogP contribution is -2.43. The normalized spacial score (nSPS) is 27.0. The molecule has 0 aromatic heterocycles. The van der Waals surface area contributed by atoms with Crippen LogP contribution in [0, 0.1) is 0 Å².